The Morgan fingerprint density at radius 3 is 2.12 bits per heavy atom. The van der Waals surface area contributed by atoms with Gasteiger partial charge in [-0.2, -0.15) is 0 Å². The molecular formula is C21H22O3. The lowest BCUT2D eigenvalue weighted by Crippen LogP contribution is -2.18. The Morgan fingerprint density at radius 2 is 1.50 bits per heavy atom. The minimum absolute atomic E-state index is 0.0399. The van der Waals surface area contributed by atoms with Gasteiger partial charge in [0, 0.05) is 0 Å². The Labute approximate surface area is 142 Å². The van der Waals surface area contributed by atoms with Gasteiger partial charge in [0.2, 0.25) is 0 Å². The van der Waals surface area contributed by atoms with Crippen LogP contribution in [0.2, 0.25) is 0 Å². The number of benzene rings is 3. The molecule has 0 aliphatic heterocycles. The molecule has 3 nitrogen and oxygen atoms in total. The van der Waals surface area contributed by atoms with Crippen molar-refractivity contribution in [1.82, 2.24) is 0 Å². The number of carbonyl (C=O) groups excluding carboxylic acids is 1. The molecule has 0 saturated carbocycles. The van der Waals surface area contributed by atoms with E-state index in [0.717, 1.165) is 27.3 Å². The summed E-state index contributed by atoms with van der Waals surface area (Å²) in [6.45, 7) is 6.53. The number of methoxy groups -OCH3 is 1. The predicted octanol–water partition coefficient (Wildman–Crippen LogP) is 5.20. The van der Waals surface area contributed by atoms with Gasteiger partial charge in [-0.15, -0.1) is 0 Å². The van der Waals surface area contributed by atoms with E-state index in [-0.39, 0.29) is 11.4 Å². The van der Waals surface area contributed by atoms with Crippen molar-refractivity contribution in [1.29, 1.82) is 0 Å². The lowest BCUT2D eigenvalue weighted by molar-refractivity contribution is 0.0367. The summed E-state index contributed by atoms with van der Waals surface area (Å²) in [4.78, 5) is 12.2. The van der Waals surface area contributed by atoms with Crippen LogP contribution in [0.1, 0.15) is 31.1 Å². The highest BCUT2D eigenvalue weighted by Gasteiger charge is 2.15. The van der Waals surface area contributed by atoms with E-state index < -0.39 is 0 Å². The average Bonchev–Trinajstić information content (AvgIpc) is 2.56. The molecule has 124 valence electrons. The van der Waals surface area contributed by atoms with Gasteiger partial charge in [-0.3, -0.25) is 0 Å². The first kappa shape index (κ1) is 16.3. The fraction of sp³-hybridized carbons (Fsp3) is 0.286. The molecule has 0 N–H and O–H groups in total. The van der Waals surface area contributed by atoms with Gasteiger partial charge in [-0.05, 0) is 63.4 Å². The second-order valence-corrected chi connectivity index (χ2v) is 7.26. The van der Waals surface area contributed by atoms with Gasteiger partial charge in [-0.1, -0.05) is 32.9 Å². The molecule has 3 aromatic carbocycles. The van der Waals surface area contributed by atoms with Crippen LogP contribution >= 0.6 is 0 Å². The molecule has 3 rings (SSSR count). The van der Waals surface area contributed by atoms with E-state index in [1.165, 1.54) is 0 Å². The van der Waals surface area contributed by atoms with Crippen LogP contribution in [0, 0.1) is 5.41 Å². The van der Waals surface area contributed by atoms with E-state index in [9.17, 15) is 4.79 Å². The molecule has 0 radical (unpaired) electrons. The Hall–Kier alpha value is -2.55. The monoisotopic (exact) mass is 322 g/mol. The minimum Gasteiger partial charge on any atom is -0.497 e. The van der Waals surface area contributed by atoms with Gasteiger partial charge < -0.3 is 9.47 Å². The third-order valence-corrected chi connectivity index (χ3v) is 3.87. The van der Waals surface area contributed by atoms with Crippen molar-refractivity contribution in [2.75, 3.05) is 13.7 Å². The van der Waals surface area contributed by atoms with E-state index >= 15 is 0 Å². The van der Waals surface area contributed by atoms with Crippen molar-refractivity contribution in [3.05, 3.63) is 54.1 Å². The first-order valence-corrected chi connectivity index (χ1v) is 8.04. The average molecular weight is 322 g/mol. The molecule has 3 aromatic rings. The maximum absolute atomic E-state index is 12.2. The second-order valence-electron chi connectivity index (χ2n) is 7.26. The molecule has 0 bridgehead atoms. The maximum atomic E-state index is 12.2. The predicted molar refractivity (Wildman–Crippen MR) is 97.7 cm³/mol. The molecule has 0 aliphatic rings. The number of fused-ring (bicyclic) bond motifs is 2. The van der Waals surface area contributed by atoms with Crippen molar-refractivity contribution >= 4 is 27.5 Å². The lowest BCUT2D eigenvalue weighted by Gasteiger charge is -2.17. The van der Waals surface area contributed by atoms with Crippen LogP contribution in [-0.2, 0) is 4.74 Å². The summed E-state index contributed by atoms with van der Waals surface area (Å²) in [6, 6.07) is 15.8. The van der Waals surface area contributed by atoms with Gasteiger partial charge in [0.1, 0.15) is 5.75 Å². The van der Waals surface area contributed by atoms with Crippen molar-refractivity contribution in [2.45, 2.75) is 20.8 Å². The largest absolute Gasteiger partial charge is 0.497 e. The van der Waals surface area contributed by atoms with E-state index in [1.54, 1.807) is 7.11 Å². The first-order valence-electron chi connectivity index (χ1n) is 8.04. The van der Waals surface area contributed by atoms with Crippen LogP contribution in [0.25, 0.3) is 21.5 Å². The summed E-state index contributed by atoms with van der Waals surface area (Å²) < 4.78 is 10.7. The summed E-state index contributed by atoms with van der Waals surface area (Å²) in [7, 11) is 1.66. The second kappa shape index (κ2) is 6.16. The number of ether oxygens (including phenoxy) is 2. The van der Waals surface area contributed by atoms with Crippen LogP contribution in [0.3, 0.4) is 0 Å². The van der Waals surface area contributed by atoms with Crippen molar-refractivity contribution in [3.63, 3.8) is 0 Å². The topological polar surface area (TPSA) is 35.5 Å². The number of hydrogen-bond donors (Lipinski definition) is 0. The van der Waals surface area contributed by atoms with Crippen molar-refractivity contribution < 1.29 is 14.3 Å². The Morgan fingerprint density at radius 1 is 0.875 bits per heavy atom. The third kappa shape index (κ3) is 3.51. The molecule has 0 amide bonds. The molecule has 0 unspecified atom stereocenters. The van der Waals surface area contributed by atoms with Gasteiger partial charge in [0.25, 0.3) is 0 Å². The van der Waals surface area contributed by atoms with Crippen LogP contribution in [0.15, 0.2) is 48.5 Å². The van der Waals surface area contributed by atoms with Gasteiger partial charge in [0.15, 0.2) is 0 Å². The Kier molecular flexibility index (Phi) is 4.18. The van der Waals surface area contributed by atoms with Gasteiger partial charge >= 0.3 is 5.97 Å². The third-order valence-electron chi connectivity index (χ3n) is 3.87. The zero-order valence-electron chi connectivity index (χ0n) is 14.6. The Bertz CT molecular complexity index is 904. The number of hydrogen-bond acceptors (Lipinski definition) is 3. The normalized spacial score (nSPS) is 11.7. The van der Waals surface area contributed by atoms with Crippen molar-refractivity contribution in [3.8, 4) is 5.75 Å². The molecule has 24 heavy (non-hydrogen) atoms. The SMILES string of the molecule is COc1ccc2cc3cc(C(=O)OCC(C)(C)C)ccc3cc2c1. The van der Waals surface area contributed by atoms with Crippen LogP contribution in [0.4, 0.5) is 0 Å². The maximum Gasteiger partial charge on any atom is 0.338 e. The molecule has 0 atom stereocenters. The van der Waals surface area contributed by atoms with Crippen molar-refractivity contribution in [2.24, 2.45) is 5.41 Å². The smallest absolute Gasteiger partial charge is 0.338 e. The van der Waals surface area contributed by atoms with E-state index in [0.29, 0.717) is 12.2 Å². The minimum atomic E-state index is -0.276. The lowest BCUT2D eigenvalue weighted by atomic mass is 9.98. The quantitative estimate of drug-likeness (QED) is 0.491. The fourth-order valence-electron chi connectivity index (χ4n) is 2.59. The summed E-state index contributed by atoms with van der Waals surface area (Å²) in [5, 5.41) is 4.34. The Balaban J connectivity index is 1.95. The van der Waals surface area contributed by atoms with E-state index in [4.69, 9.17) is 9.47 Å². The molecule has 0 aromatic heterocycles. The summed E-state index contributed by atoms with van der Waals surface area (Å²) in [5.41, 5.74) is 0.543. The van der Waals surface area contributed by atoms with Crippen LogP contribution < -0.4 is 4.74 Å². The fourth-order valence-corrected chi connectivity index (χ4v) is 2.59. The highest BCUT2D eigenvalue weighted by molar-refractivity contribution is 6.02. The van der Waals surface area contributed by atoms with E-state index in [1.807, 2.05) is 57.2 Å². The molecule has 0 heterocycles. The summed E-state index contributed by atoms with van der Waals surface area (Å²) in [6.07, 6.45) is 0. The van der Waals surface area contributed by atoms with Gasteiger partial charge in [-0.25, -0.2) is 4.79 Å². The standard InChI is InChI=1S/C21H22O3/c1-21(2,3)13-24-20(22)16-6-5-14-10-18-12-19(23-4)8-7-15(18)9-17(14)11-16/h5-12H,13H2,1-4H3. The number of rotatable bonds is 3. The number of esters is 1. The molecule has 0 fully saturated rings. The first-order chi connectivity index (χ1) is 11.4. The molecule has 0 aliphatic carbocycles. The summed E-state index contributed by atoms with van der Waals surface area (Å²) >= 11 is 0. The number of carbonyl (C=O) groups is 1. The molecule has 0 spiro atoms. The van der Waals surface area contributed by atoms with Crippen LogP contribution in [0.5, 0.6) is 5.75 Å². The molecular weight excluding hydrogens is 300 g/mol. The highest BCUT2D eigenvalue weighted by atomic mass is 16.5. The highest BCUT2D eigenvalue weighted by Crippen LogP contribution is 2.27. The zero-order valence-corrected chi connectivity index (χ0v) is 14.6. The van der Waals surface area contributed by atoms with Crippen LogP contribution in [-0.4, -0.2) is 19.7 Å². The van der Waals surface area contributed by atoms with Gasteiger partial charge in [0.05, 0.1) is 19.3 Å². The zero-order chi connectivity index (χ0) is 17.3. The molecule has 3 heteroatoms. The van der Waals surface area contributed by atoms with E-state index in [2.05, 4.69) is 12.1 Å². The molecule has 0 saturated heterocycles. The summed E-state index contributed by atoms with van der Waals surface area (Å²) in [5.74, 6) is 0.561.